The first-order valence-corrected chi connectivity index (χ1v) is 7.17. The summed E-state index contributed by atoms with van der Waals surface area (Å²) < 4.78 is 0. The maximum Gasteiger partial charge on any atom is 0.352 e. The van der Waals surface area contributed by atoms with E-state index in [1.807, 2.05) is 0 Å². The molecule has 2 amide bonds. The molecular weight excluding hydrogens is 326 g/mol. The molecule has 3 rings (SSSR count). The monoisotopic (exact) mass is 339 g/mol. The molecule has 3 aromatic rings. The van der Waals surface area contributed by atoms with Crippen LogP contribution < -0.4 is 10.6 Å². The van der Waals surface area contributed by atoms with Crippen molar-refractivity contribution < 1.29 is 19.5 Å². The zero-order chi connectivity index (χ0) is 17.8. The number of rotatable bonds is 5. The summed E-state index contributed by atoms with van der Waals surface area (Å²) in [7, 11) is 0. The van der Waals surface area contributed by atoms with Crippen LogP contribution in [0.25, 0.3) is 0 Å². The van der Waals surface area contributed by atoms with Crippen molar-refractivity contribution in [2.45, 2.75) is 0 Å². The van der Waals surface area contributed by atoms with Crippen molar-refractivity contribution in [1.29, 1.82) is 0 Å². The first-order valence-electron chi connectivity index (χ1n) is 7.17. The lowest BCUT2D eigenvalue weighted by molar-refractivity contribution is 0.0690. The molecular formula is C16H13N5O4. The molecule has 3 aromatic heterocycles. The summed E-state index contributed by atoms with van der Waals surface area (Å²) in [5, 5.41) is 14.0. The quantitative estimate of drug-likeness (QED) is 0.483. The molecule has 0 radical (unpaired) electrons. The number of aromatic amines is 2. The fourth-order valence-electron chi connectivity index (χ4n) is 2.08. The number of carboxylic acid groups (broad SMARTS) is 1. The van der Waals surface area contributed by atoms with Gasteiger partial charge in [0.05, 0.1) is 11.4 Å². The van der Waals surface area contributed by atoms with E-state index in [1.165, 1.54) is 30.7 Å². The fourth-order valence-corrected chi connectivity index (χ4v) is 2.08. The molecule has 3 heterocycles. The van der Waals surface area contributed by atoms with Gasteiger partial charge in [-0.1, -0.05) is 6.07 Å². The number of nitrogens with one attached hydrogen (secondary N) is 4. The van der Waals surface area contributed by atoms with Crippen LogP contribution in [0.15, 0.2) is 48.9 Å². The number of carbonyl (C=O) groups excluding carboxylic acids is 2. The van der Waals surface area contributed by atoms with E-state index < -0.39 is 17.8 Å². The van der Waals surface area contributed by atoms with Crippen LogP contribution in [0.2, 0.25) is 0 Å². The van der Waals surface area contributed by atoms with Crippen LogP contribution >= 0.6 is 0 Å². The highest BCUT2D eigenvalue weighted by Crippen LogP contribution is 2.14. The van der Waals surface area contributed by atoms with Gasteiger partial charge in [-0.05, 0) is 24.3 Å². The van der Waals surface area contributed by atoms with Crippen LogP contribution in [-0.2, 0) is 0 Å². The zero-order valence-corrected chi connectivity index (χ0v) is 12.7. The normalized spacial score (nSPS) is 10.2. The van der Waals surface area contributed by atoms with Gasteiger partial charge in [-0.3, -0.25) is 14.6 Å². The molecule has 0 aliphatic rings. The second kappa shape index (κ2) is 6.71. The van der Waals surface area contributed by atoms with E-state index in [2.05, 4.69) is 25.6 Å². The van der Waals surface area contributed by atoms with Crippen LogP contribution in [0.4, 0.5) is 11.4 Å². The Morgan fingerprint density at radius 1 is 0.920 bits per heavy atom. The molecule has 9 heteroatoms. The highest BCUT2D eigenvalue weighted by Gasteiger charge is 2.13. The highest BCUT2D eigenvalue weighted by atomic mass is 16.4. The second-order valence-corrected chi connectivity index (χ2v) is 5.03. The number of H-pyrrole nitrogens is 2. The lowest BCUT2D eigenvalue weighted by Crippen LogP contribution is -2.13. The molecule has 0 aliphatic carbocycles. The molecule has 0 bridgehead atoms. The summed E-state index contributed by atoms with van der Waals surface area (Å²) in [6.45, 7) is 0. The lowest BCUT2D eigenvalue weighted by Gasteiger charge is -2.01. The van der Waals surface area contributed by atoms with Gasteiger partial charge in [0.15, 0.2) is 0 Å². The van der Waals surface area contributed by atoms with Gasteiger partial charge < -0.3 is 25.7 Å². The largest absolute Gasteiger partial charge is 0.477 e. The first-order chi connectivity index (χ1) is 12.0. The Morgan fingerprint density at radius 2 is 1.56 bits per heavy atom. The molecule has 0 aliphatic heterocycles. The summed E-state index contributed by atoms with van der Waals surface area (Å²) in [5.74, 6) is -2.00. The highest BCUT2D eigenvalue weighted by molar-refractivity contribution is 6.06. The molecule has 0 unspecified atom stereocenters. The number of hydrogen-bond acceptors (Lipinski definition) is 4. The summed E-state index contributed by atoms with van der Waals surface area (Å²) in [6.07, 6.45) is 4.34. The van der Waals surface area contributed by atoms with Gasteiger partial charge in [0.25, 0.3) is 11.8 Å². The topological polar surface area (TPSA) is 140 Å². The Morgan fingerprint density at radius 3 is 2.16 bits per heavy atom. The van der Waals surface area contributed by atoms with Gasteiger partial charge in [-0.15, -0.1) is 0 Å². The molecule has 0 fully saturated rings. The molecule has 0 aromatic carbocycles. The molecule has 0 spiro atoms. The average molecular weight is 339 g/mol. The zero-order valence-electron chi connectivity index (χ0n) is 12.7. The van der Waals surface area contributed by atoms with Crippen LogP contribution in [-0.4, -0.2) is 37.8 Å². The van der Waals surface area contributed by atoms with Crippen molar-refractivity contribution in [3.8, 4) is 0 Å². The van der Waals surface area contributed by atoms with Gasteiger partial charge in [0.1, 0.15) is 17.1 Å². The lowest BCUT2D eigenvalue weighted by atomic mass is 10.3. The van der Waals surface area contributed by atoms with Crippen LogP contribution in [0, 0.1) is 0 Å². The van der Waals surface area contributed by atoms with Crippen molar-refractivity contribution in [2.24, 2.45) is 0 Å². The van der Waals surface area contributed by atoms with Gasteiger partial charge >= 0.3 is 5.97 Å². The number of carbonyl (C=O) groups is 3. The number of amides is 2. The Labute approximate surface area is 141 Å². The fraction of sp³-hybridized carbons (Fsp3) is 0. The van der Waals surface area contributed by atoms with E-state index in [9.17, 15) is 14.4 Å². The molecule has 25 heavy (non-hydrogen) atoms. The van der Waals surface area contributed by atoms with Gasteiger partial charge in [-0.25, -0.2) is 4.79 Å². The Kier molecular flexibility index (Phi) is 4.29. The minimum Gasteiger partial charge on any atom is -0.477 e. The van der Waals surface area contributed by atoms with Crippen LogP contribution in [0.5, 0.6) is 0 Å². The molecule has 0 saturated heterocycles. The molecule has 9 nitrogen and oxygen atoms in total. The minimum atomic E-state index is -1.13. The predicted octanol–water partition coefficient (Wildman–Crippen LogP) is 1.94. The van der Waals surface area contributed by atoms with Gasteiger partial charge in [0.2, 0.25) is 0 Å². The molecule has 126 valence electrons. The summed E-state index contributed by atoms with van der Waals surface area (Å²) in [5.41, 5.74) is 1.14. The van der Waals surface area contributed by atoms with E-state index in [1.54, 1.807) is 18.2 Å². The van der Waals surface area contributed by atoms with Gasteiger partial charge in [0, 0.05) is 18.6 Å². The van der Waals surface area contributed by atoms with Crippen molar-refractivity contribution in [2.75, 3.05) is 10.6 Å². The molecule has 5 N–H and O–H groups in total. The number of pyridine rings is 1. The first kappa shape index (κ1) is 16.0. The Hall–Kier alpha value is -3.88. The average Bonchev–Trinajstić information content (AvgIpc) is 3.25. The third kappa shape index (κ3) is 3.72. The molecule has 0 atom stereocenters. The number of aromatic carboxylic acids is 1. The number of anilines is 2. The Balaban J connectivity index is 1.65. The predicted molar refractivity (Wildman–Crippen MR) is 88.7 cm³/mol. The van der Waals surface area contributed by atoms with Crippen molar-refractivity contribution in [3.63, 3.8) is 0 Å². The van der Waals surface area contributed by atoms with Crippen molar-refractivity contribution in [3.05, 3.63) is 66.0 Å². The third-order valence-corrected chi connectivity index (χ3v) is 3.25. The van der Waals surface area contributed by atoms with E-state index in [4.69, 9.17) is 5.11 Å². The number of hydrogen-bond donors (Lipinski definition) is 5. The van der Waals surface area contributed by atoms with E-state index in [-0.39, 0.29) is 17.1 Å². The summed E-state index contributed by atoms with van der Waals surface area (Å²) in [4.78, 5) is 44.1. The SMILES string of the molecule is O=C(Nc1c[nH]c(C(=O)Nc2c[nH]c(C(=O)O)c2)c1)c1ccccn1. The number of nitrogens with zero attached hydrogens (tertiary/aromatic N) is 1. The van der Waals surface area contributed by atoms with E-state index in [0.717, 1.165) is 0 Å². The van der Waals surface area contributed by atoms with Crippen molar-refractivity contribution >= 4 is 29.2 Å². The number of aromatic nitrogens is 3. The maximum absolute atomic E-state index is 12.1. The van der Waals surface area contributed by atoms with Crippen LogP contribution in [0.3, 0.4) is 0 Å². The minimum absolute atomic E-state index is 0.0369. The molecule has 0 saturated carbocycles. The Bertz CT molecular complexity index is 929. The van der Waals surface area contributed by atoms with Crippen LogP contribution in [0.1, 0.15) is 31.5 Å². The maximum atomic E-state index is 12.1. The van der Waals surface area contributed by atoms with E-state index in [0.29, 0.717) is 11.4 Å². The summed E-state index contributed by atoms with van der Waals surface area (Å²) in [6, 6.07) is 7.72. The van der Waals surface area contributed by atoms with E-state index >= 15 is 0 Å². The summed E-state index contributed by atoms with van der Waals surface area (Å²) >= 11 is 0. The van der Waals surface area contributed by atoms with Crippen molar-refractivity contribution in [1.82, 2.24) is 15.0 Å². The van der Waals surface area contributed by atoms with Gasteiger partial charge in [-0.2, -0.15) is 0 Å². The smallest absolute Gasteiger partial charge is 0.352 e. The number of carboxylic acids is 1. The second-order valence-electron chi connectivity index (χ2n) is 5.03. The standard InChI is InChI=1S/C16H13N5O4/c22-14(11-3-1-2-4-17-11)20-9-5-12(18-7-9)15(23)21-10-6-13(16(24)25)19-8-10/h1-8,18-19H,(H,20,22)(H,21,23)(H,24,25). The third-order valence-electron chi connectivity index (χ3n) is 3.25.